The third-order valence-corrected chi connectivity index (χ3v) is 9.85. The number of ether oxygens (including phenoxy) is 2. The Balaban J connectivity index is 1.08. The summed E-state index contributed by atoms with van der Waals surface area (Å²) in [5.74, 6) is -0.262. The van der Waals surface area contributed by atoms with Gasteiger partial charge in [-0.3, -0.25) is 19.6 Å². The lowest BCUT2D eigenvalue weighted by atomic mass is 9.91. The van der Waals surface area contributed by atoms with Crippen molar-refractivity contribution in [2.24, 2.45) is 5.41 Å². The highest BCUT2D eigenvalue weighted by atomic mass is 16.6. The van der Waals surface area contributed by atoms with Gasteiger partial charge in [-0.2, -0.15) is 4.98 Å². The fraction of sp³-hybridized carbons (Fsp3) is 0.622. The lowest BCUT2D eigenvalue weighted by Gasteiger charge is -2.42. The second-order valence-electron chi connectivity index (χ2n) is 16.4. The number of rotatable bonds is 7. The van der Waals surface area contributed by atoms with Gasteiger partial charge in [-0.25, -0.2) is 19.2 Å². The Morgan fingerprint density at radius 1 is 0.925 bits per heavy atom. The normalized spacial score (nSPS) is 23.8. The Hall–Kier alpha value is -4.70. The number of aromatic nitrogens is 2. The van der Waals surface area contributed by atoms with Gasteiger partial charge in [-0.05, 0) is 77.1 Å². The number of nitrogens with one attached hydrogen (secondary N) is 3. The van der Waals surface area contributed by atoms with Gasteiger partial charge in [0.25, 0.3) is 5.91 Å². The van der Waals surface area contributed by atoms with Crippen LogP contribution in [0.2, 0.25) is 0 Å². The molecule has 16 heteroatoms. The minimum Gasteiger partial charge on any atom is -0.465 e. The van der Waals surface area contributed by atoms with Crippen LogP contribution in [0.4, 0.5) is 20.2 Å². The molecule has 53 heavy (non-hydrogen) atoms. The SMILES string of the molecule is CC(C)(C)OC(=O)NC1CCC(NCc2ccc(-n3ccc(NC(=O)N4CCN(C(=O)[C@]5(C)CO[C@H](C(C)(C)C)N5C(=O)O)CC4)nc3=O)cc2)CC1. The lowest BCUT2D eigenvalue weighted by molar-refractivity contribution is -0.143. The van der Waals surface area contributed by atoms with E-state index in [4.69, 9.17) is 9.47 Å². The maximum atomic E-state index is 13.6. The summed E-state index contributed by atoms with van der Waals surface area (Å²) in [6.45, 7) is 14.2. The summed E-state index contributed by atoms with van der Waals surface area (Å²) in [5.41, 5.74) is -1.29. The van der Waals surface area contributed by atoms with Gasteiger partial charge in [0.15, 0.2) is 0 Å². The van der Waals surface area contributed by atoms with Crippen molar-refractivity contribution in [3.05, 3.63) is 52.6 Å². The molecule has 2 saturated heterocycles. The minimum atomic E-state index is -1.39. The van der Waals surface area contributed by atoms with Crippen molar-refractivity contribution in [2.45, 2.75) is 110 Å². The molecule has 290 valence electrons. The number of hydrogen-bond donors (Lipinski definition) is 4. The first-order valence-corrected chi connectivity index (χ1v) is 18.3. The maximum absolute atomic E-state index is 13.6. The van der Waals surface area contributed by atoms with Crippen LogP contribution in [0.25, 0.3) is 5.69 Å². The minimum absolute atomic E-state index is 0.0563. The fourth-order valence-electron chi connectivity index (χ4n) is 7.02. The molecule has 3 fully saturated rings. The van der Waals surface area contributed by atoms with Crippen LogP contribution in [0.1, 0.15) is 79.7 Å². The first-order valence-electron chi connectivity index (χ1n) is 18.3. The standard InChI is InChI=1S/C37H54N8O8/c1-35(2,3)30-45(34(50)51)37(7,23-52-30)29(46)42-18-20-43(21-19-42)31(47)40-28-16-17-44(32(48)41-28)27-14-8-24(9-15-27)22-38-25-10-12-26(13-11-25)39-33(49)53-36(4,5)6/h8-9,14-17,25-26,30,38H,10-13,18-23H2,1-7H3,(H,39,49)(H,50,51)(H,40,41,47,48)/t25?,26?,30-,37+/m1/s1. The quantitative estimate of drug-likeness (QED) is 0.324. The Morgan fingerprint density at radius 3 is 2.09 bits per heavy atom. The van der Waals surface area contributed by atoms with Crippen molar-refractivity contribution in [1.82, 2.24) is 34.9 Å². The molecule has 2 atom stereocenters. The van der Waals surface area contributed by atoms with E-state index in [0.717, 1.165) is 36.1 Å². The summed E-state index contributed by atoms with van der Waals surface area (Å²) in [5, 5.41) is 19.2. The van der Waals surface area contributed by atoms with Crippen LogP contribution in [0.5, 0.6) is 0 Å². The average molecular weight is 739 g/mol. The molecule has 0 spiro atoms. The monoisotopic (exact) mass is 738 g/mol. The molecule has 5 rings (SSSR count). The fourth-order valence-corrected chi connectivity index (χ4v) is 7.02. The van der Waals surface area contributed by atoms with Gasteiger partial charge in [-0.15, -0.1) is 0 Å². The van der Waals surface area contributed by atoms with Crippen molar-refractivity contribution in [3.8, 4) is 5.69 Å². The molecule has 0 unspecified atom stereocenters. The van der Waals surface area contributed by atoms with E-state index in [1.165, 1.54) is 9.47 Å². The zero-order chi connectivity index (χ0) is 38.7. The molecule has 3 heterocycles. The zero-order valence-corrected chi connectivity index (χ0v) is 31.8. The van der Waals surface area contributed by atoms with Crippen molar-refractivity contribution in [1.29, 1.82) is 0 Å². The third-order valence-electron chi connectivity index (χ3n) is 9.85. The van der Waals surface area contributed by atoms with Gasteiger partial charge in [0.2, 0.25) is 0 Å². The maximum Gasteiger partial charge on any atom is 0.410 e. The van der Waals surface area contributed by atoms with Crippen molar-refractivity contribution in [2.75, 3.05) is 38.1 Å². The van der Waals surface area contributed by atoms with Crippen LogP contribution in [-0.2, 0) is 20.8 Å². The van der Waals surface area contributed by atoms with E-state index in [1.54, 1.807) is 24.1 Å². The van der Waals surface area contributed by atoms with Crippen molar-refractivity contribution < 1.29 is 33.8 Å². The van der Waals surface area contributed by atoms with Crippen LogP contribution in [0, 0.1) is 5.41 Å². The smallest absolute Gasteiger partial charge is 0.410 e. The summed E-state index contributed by atoms with van der Waals surface area (Å²) in [6, 6.07) is 9.14. The number of carboxylic acid groups (broad SMARTS) is 1. The van der Waals surface area contributed by atoms with Crippen molar-refractivity contribution in [3.63, 3.8) is 0 Å². The van der Waals surface area contributed by atoms with Crippen LogP contribution >= 0.6 is 0 Å². The molecule has 3 aliphatic rings. The number of hydrogen-bond acceptors (Lipinski definition) is 9. The van der Waals surface area contributed by atoms with E-state index in [9.17, 15) is 29.1 Å². The topological polar surface area (TPSA) is 188 Å². The summed E-state index contributed by atoms with van der Waals surface area (Å²) in [7, 11) is 0. The molecule has 1 saturated carbocycles. The predicted molar refractivity (Wildman–Crippen MR) is 197 cm³/mol. The number of alkyl carbamates (subject to hydrolysis) is 1. The molecule has 4 N–H and O–H groups in total. The highest BCUT2D eigenvalue weighted by molar-refractivity contribution is 5.91. The molecule has 2 aromatic rings. The molecule has 16 nitrogen and oxygen atoms in total. The van der Waals surface area contributed by atoms with Gasteiger partial charge in [0.1, 0.15) is 23.2 Å². The van der Waals surface area contributed by atoms with Gasteiger partial charge < -0.3 is 35.0 Å². The number of benzene rings is 1. The highest BCUT2D eigenvalue weighted by Crippen LogP contribution is 2.38. The molecule has 0 bridgehead atoms. The summed E-state index contributed by atoms with van der Waals surface area (Å²) in [6.07, 6.45) is 2.83. The van der Waals surface area contributed by atoms with Crippen molar-refractivity contribution >= 4 is 29.9 Å². The largest absolute Gasteiger partial charge is 0.465 e. The summed E-state index contributed by atoms with van der Waals surface area (Å²) >= 11 is 0. The van der Waals surface area contributed by atoms with E-state index >= 15 is 0 Å². The van der Waals surface area contributed by atoms with Crippen LogP contribution in [-0.4, -0.2) is 116 Å². The molecule has 1 aromatic carbocycles. The molecule has 1 aromatic heterocycles. The van der Waals surface area contributed by atoms with E-state index in [0.29, 0.717) is 18.3 Å². The number of carbonyl (C=O) groups excluding carboxylic acids is 3. The lowest BCUT2D eigenvalue weighted by Crippen LogP contribution is -2.63. The Bertz CT molecular complexity index is 1700. The van der Waals surface area contributed by atoms with Crippen LogP contribution in [0.3, 0.4) is 0 Å². The number of piperazine rings is 1. The molecule has 0 radical (unpaired) electrons. The Labute approximate surface area is 310 Å². The second kappa shape index (κ2) is 15.7. The molecular formula is C37H54N8O8. The molecule has 1 aliphatic carbocycles. The Morgan fingerprint density at radius 2 is 1.53 bits per heavy atom. The van der Waals surface area contributed by atoms with Crippen LogP contribution in [0.15, 0.2) is 41.3 Å². The first-order chi connectivity index (χ1) is 24.8. The number of amides is 5. The first kappa shape index (κ1) is 39.5. The van der Waals surface area contributed by atoms with Gasteiger partial charge in [-0.1, -0.05) is 32.9 Å². The molecule has 5 amide bonds. The van der Waals surface area contributed by atoms with E-state index < -0.39 is 40.6 Å². The van der Waals surface area contributed by atoms with E-state index in [2.05, 4.69) is 20.9 Å². The number of carbonyl (C=O) groups is 4. The second-order valence-corrected chi connectivity index (χ2v) is 16.4. The van der Waals surface area contributed by atoms with Gasteiger partial charge in [0.05, 0.1) is 12.3 Å². The molecular weight excluding hydrogens is 684 g/mol. The summed E-state index contributed by atoms with van der Waals surface area (Å²) in [4.78, 5) is 72.2. The van der Waals surface area contributed by atoms with E-state index in [-0.39, 0.29) is 56.6 Å². The third kappa shape index (κ3) is 9.65. The zero-order valence-electron chi connectivity index (χ0n) is 31.8. The predicted octanol–water partition coefficient (Wildman–Crippen LogP) is 3.98. The Kier molecular flexibility index (Phi) is 11.7. The number of urea groups is 1. The van der Waals surface area contributed by atoms with Gasteiger partial charge >= 0.3 is 23.9 Å². The van der Waals surface area contributed by atoms with E-state index in [1.807, 2.05) is 65.8 Å². The molecule has 2 aliphatic heterocycles. The van der Waals surface area contributed by atoms with Gasteiger partial charge in [0, 0.05) is 56.4 Å². The average Bonchev–Trinajstić information content (AvgIpc) is 3.46. The number of anilines is 1. The highest BCUT2D eigenvalue weighted by Gasteiger charge is 2.56. The summed E-state index contributed by atoms with van der Waals surface area (Å²) < 4.78 is 12.6. The number of nitrogens with zero attached hydrogens (tertiary/aromatic N) is 5. The van der Waals surface area contributed by atoms with Crippen LogP contribution < -0.4 is 21.6 Å².